The number of carbonyl (C=O) groups is 1. The summed E-state index contributed by atoms with van der Waals surface area (Å²) in [6.07, 6.45) is 0. The Hall–Kier alpha value is -2.75. The highest BCUT2D eigenvalue weighted by atomic mass is 19.3. The molecule has 0 saturated carbocycles. The summed E-state index contributed by atoms with van der Waals surface area (Å²) in [6.45, 7) is 0.352. The summed E-state index contributed by atoms with van der Waals surface area (Å²) in [5.74, 6) is -2.05. The number of methoxy groups -OCH3 is 1. The third kappa shape index (κ3) is 4.51. The van der Waals surface area contributed by atoms with Crippen molar-refractivity contribution in [2.24, 2.45) is 0 Å². The number of halogens is 2. The first-order chi connectivity index (χ1) is 12.9. The number of nitrogens with zero attached hydrogens (tertiary/aromatic N) is 3. The van der Waals surface area contributed by atoms with Gasteiger partial charge in [-0.05, 0) is 19.1 Å². The Labute approximate surface area is 154 Å². The van der Waals surface area contributed by atoms with Crippen molar-refractivity contribution in [3.8, 4) is 17.1 Å². The Morgan fingerprint density at radius 3 is 2.96 bits per heavy atom. The van der Waals surface area contributed by atoms with Crippen molar-refractivity contribution >= 4 is 6.03 Å². The number of aromatic nitrogens is 2. The Bertz CT molecular complexity index is 799. The van der Waals surface area contributed by atoms with Crippen molar-refractivity contribution in [1.29, 1.82) is 0 Å². The molecule has 10 heteroatoms. The Balaban J connectivity index is 1.69. The molecule has 0 radical (unpaired) electrons. The molecule has 0 spiro atoms. The smallest absolute Gasteiger partial charge is 0.318 e. The van der Waals surface area contributed by atoms with E-state index in [2.05, 4.69) is 15.5 Å². The number of benzene rings is 1. The van der Waals surface area contributed by atoms with E-state index in [9.17, 15) is 13.6 Å². The van der Waals surface area contributed by atoms with Crippen LogP contribution in [0.3, 0.4) is 0 Å². The second-order valence-corrected chi connectivity index (χ2v) is 6.16. The van der Waals surface area contributed by atoms with Crippen LogP contribution in [0.15, 0.2) is 28.8 Å². The second-order valence-electron chi connectivity index (χ2n) is 6.16. The van der Waals surface area contributed by atoms with Crippen LogP contribution >= 0.6 is 0 Å². The van der Waals surface area contributed by atoms with Crippen LogP contribution in [0.1, 0.15) is 18.9 Å². The zero-order chi connectivity index (χ0) is 19.4. The van der Waals surface area contributed by atoms with E-state index in [4.69, 9.17) is 14.0 Å². The summed E-state index contributed by atoms with van der Waals surface area (Å²) < 4.78 is 42.5. The lowest BCUT2D eigenvalue weighted by Gasteiger charge is -2.24. The molecule has 1 aliphatic rings. The summed E-state index contributed by atoms with van der Waals surface area (Å²) in [5, 5.41) is 6.50. The van der Waals surface area contributed by atoms with E-state index in [-0.39, 0.29) is 19.0 Å². The van der Waals surface area contributed by atoms with Crippen molar-refractivity contribution in [1.82, 2.24) is 20.4 Å². The Morgan fingerprint density at radius 1 is 1.41 bits per heavy atom. The molecule has 2 aromatic rings. The van der Waals surface area contributed by atoms with E-state index in [1.54, 1.807) is 25.1 Å². The minimum Gasteiger partial charge on any atom is -0.496 e. The third-order valence-corrected chi connectivity index (χ3v) is 4.03. The van der Waals surface area contributed by atoms with E-state index < -0.39 is 31.1 Å². The van der Waals surface area contributed by atoms with E-state index in [0.717, 1.165) is 4.90 Å². The predicted octanol–water partition coefficient (Wildman–Crippen LogP) is 2.48. The number of hydrogen-bond acceptors (Lipinski definition) is 6. The molecular weight excluding hydrogens is 362 g/mol. The standard InChI is InChI=1S/C17H20F2N4O4/c1-11(20-16(24)23-7-8-26-10-17(18,19)9-23)15-21-14(22-27-15)12-5-3-4-6-13(12)25-2/h3-6,11H,7-10H2,1-2H3,(H,20,24). The van der Waals surface area contributed by atoms with Gasteiger partial charge in [0.25, 0.3) is 5.92 Å². The fraction of sp³-hybridized carbons (Fsp3) is 0.471. The molecular formula is C17H20F2N4O4. The lowest BCUT2D eigenvalue weighted by molar-refractivity contribution is -0.0652. The van der Waals surface area contributed by atoms with Gasteiger partial charge in [0, 0.05) is 6.54 Å². The topological polar surface area (TPSA) is 89.7 Å². The Morgan fingerprint density at radius 2 is 2.19 bits per heavy atom. The maximum Gasteiger partial charge on any atom is 0.318 e. The fourth-order valence-corrected chi connectivity index (χ4v) is 2.66. The van der Waals surface area contributed by atoms with Crippen LogP contribution in [-0.4, -0.2) is 60.4 Å². The number of hydrogen-bond donors (Lipinski definition) is 1. The maximum absolute atomic E-state index is 13.6. The molecule has 2 amide bonds. The highest BCUT2D eigenvalue weighted by Crippen LogP contribution is 2.28. The molecule has 2 heterocycles. The zero-order valence-corrected chi connectivity index (χ0v) is 14.9. The second kappa shape index (κ2) is 7.87. The molecule has 1 unspecified atom stereocenters. The molecule has 1 aromatic heterocycles. The summed E-state index contributed by atoms with van der Waals surface area (Å²) in [6, 6.07) is 5.85. The van der Waals surface area contributed by atoms with Gasteiger partial charge in [0.05, 0.1) is 25.8 Å². The molecule has 0 bridgehead atoms. The van der Waals surface area contributed by atoms with Gasteiger partial charge in [0.1, 0.15) is 18.4 Å². The minimum absolute atomic E-state index is 0.0515. The Kier molecular flexibility index (Phi) is 5.54. The van der Waals surface area contributed by atoms with Crippen molar-refractivity contribution < 1.29 is 27.6 Å². The van der Waals surface area contributed by atoms with Crippen molar-refractivity contribution in [3.05, 3.63) is 30.2 Å². The number of ether oxygens (including phenoxy) is 2. The fourth-order valence-electron chi connectivity index (χ4n) is 2.66. The van der Waals surface area contributed by atoms with Gasteiger partial charge in [-0.1, -0.05) is 17.3 Å². The number of alkyl halides is 2. The molecule has 146 valence electrons. The first-order valence-corrected chi connectivity index (χ1v) is 8.37. The van der Waals surface area contributed by atoms with Crippen molar-refractivity contribution in [2.45, 2.75) is 18.9 Å². The van der Waals surface area contributed by atoms with E-state index in [1.807, 2.05) is 6.07 Å². The van der Waals surface area contributed by atoms with Crippen molar-refractivity contribution in [2.75, 3.05) is 33.4 Å². The summed E-state index contributed by atoms with van der Waals surface area (Å²) in [4.78, 5) is 17.6. The van der Waals surface area contributed by atoms with Gasteiger partial charge in [0.15, 0.2) is 0 Å². The molecule has 1 fully saturated rings. The zero-order valence-electron chi connectivity index (χ0n) is 14.9. The van der Waals surface area contributed by atoms with Crippen LogP contribution in [0.25, 0.3) is 11.4 Å². The van der Waals surface area contributed by atoms with Crippen LogP contribution in [0.4, 0.5) is 13.6 Å². The normalized spacial score (nSPS) is 17.9. The monoisotopic (exact) mass is 382 g/mol. The average Bonchev–Trinajstić information content (AvgIpc) is 3.06. The molecule has 1 atom stereocenters. The van der Waals surface area contributed by atoms with Gasteiger partial charge < -0.3 is 24.2 Å². The van der Waals surface area contributed by atoms with Gasteiger partial charge in [-0.15, -0.1) is 0 Å². The molecule has 27 heavy (non-hydrogen) atoms. The van der Waals surface area contributed by atoms with Gasteiger partial charge in [-0.2, -0.15) is 4.98 Å². The molecule has 1 N–H and O–H groups in total. The van der Waals surface area contributed by atoms with Crippen LogP contribution in [0, 0.1) is 0 Å². The lowest BCUT2D eigenvalue weighted by Crippen LogP contribution is -2.46. The number of urea groups is 1. The van der Waals surface area contributed by atoms with E-state index in [0.29, 0.717) is 17.1 Å². The first-order valence-electron chi connectivity index (χ1n) is 8.37. The maximum atomic E-state index is 13.6. The van der Waals surface area contributed by atoms with Gasteiger partial charge >= 0.3 is 6.03 Å². The number of nitrogens with one attached hydrogen (secondary N) is 1. The number of rotatable bonds is 4. The van der Waals surface area contributed by atoms with Crippen LogP contribution < -0.4 is 10.1 Å². The summed E-state index contributed by atoms with van der Waals surface area (Å²) in [7, 11) is 1.53. The van der Waals surface area contributed by atoms with Crippen LogP contribution in [0.2, 0.25) is 0 Å². The highest BCUT2D eigenvalue weighted by molar-refractivity contribution is 5.74. The molecule has 0 aliphatic carbocycles. The molecule has 1 aromatic carbocycles. The highest BCUT2D eigenvalue weighted by Gasteiger charge is 2.36. The third-order valence-electron chi connectivity index (χ3n) is 4.03. The van der Waals surface area contributed by atoms with E-state index in [1.165, 1.54) is 7.11 Å². The van der Waals surface area contributed by atoms with Crippen molar-refractivity contribution in [3.63, 3.8) is 0 Å². The van der Waals surface area contributed by atoms with Gasteiger partial charge in [-0.25, -0.2) is 13.6 Å². The molecule has 3 rings (SSSR count). The van der Waals surface area contributed by atoms with Gasteiger partial charge in [-0.3, -0.25) is 0 Å². The first kappa shape index (κ1) is 19.0. The summed E-state index contributed by atoms with van der Waals surface area (Å²) in [5.41, 5.74) is 0.637. The summed E-state index contributed by atoms with van der Waals surface area (Å²) >= 11 is 0. The number of para-hydroxylation sites is 1. The van der Waals surface area contributed by atoms with E-state index >= 15 is 0 Å². The minimum atomic E-state index is -3.08. The van der Waals surface area contributed by atoms with Gasteiger partial charge in [0.2, 0.25) is 11.7 Å². The van der Waals surface area contributed by atoms with Crippen LogP contribution in [0.5, 0.6) is 5.75 Å². The lowest BCUT2D eigenvalue weighted by atomic mass is 10.2. The molecule has 1 saturated heterocycles. The molecule has 8 nitrogen and oxygen atoms in total. The largest absolute Gasteiger partial charge is 0.496 e. The molecule has 1 aliphatic heterocycles. The van der Waals surface area contributed by atoms with Crippen LogP contribution in [-0.2, 0) is 4.74 Å². The number of carbonyl (C=O) groups excluding carboxylic acids is 1. The number of amides is 2. The quantitative estimate of drug-likeness (QED) is 0.874. The predicted molar refractivity (Wildman–Crippen MR) is 90.6 cm³/mol. The SMILES string of the molecule is COc1ccccc1-c1noc(C(C)NC(=O)N2CCOCC(F)(F)C2)n1. The average molecular weight is 382 g/mol.